The van der Waals surface area contributed by atoms with E-state index in [0.717, 1.165) is 12.1 Å². The summed E-state index contributed by atoms with van der Waals surface area (Å²) in [6.45, 7) is -0.139. The molecule has 3 heterocycles. The molecule has 7 nitrogen and oxygen atoms in total. The zero-order valence-electron chi connectivity index (χ0n) is 15.5. The van der Waals surface area contributed by atoms with Crippen molar-refractivity contribution < 1.29 is 27.1 Å². The normalized spacial score (nSPS) is 17.2. The van der Waals surface area contributed by atoms with E-state index in [2.05, 4.69) is 15.1 Å². The van der Waals surface area contributed by atoms with Gasteiger partial charge in [0.15, 0.2) is 5.65 Å². The van der Waals surface area contributed by atoms with Crippen LogP contribution in [0.3, 0.4) is 0 Å². The van der Waals surface area contributed by atoms with Crippen LogP contribution in [0.25, 0.3) is 11.0 Å². The molecule has 0 aliphatic carbocycles. The Labute approximate surface area is 165 Å². The van der Waals surface area contributed by atoms with Crippen LogP contribution in [0.5, 0.6) is 0 Å². The Morgan fingerprint density at radius 3 is 2.40 bits per heavy atom. The Kier molecular flexibility index (Phi) is 4.56. The van der Waals surface area contributed by atoms with Crippen molar-refractivity contribution in [2.45, 2.75) is 31.7 Å². The second kappa shape index (κ2) is 6.76. The molecule has 0 spiro atoms. The highest BCUT2D eigenvalue weighted by Gasteiger charge is 2.45. The molecule has 1 aliphatic heterocycles. The van der Waals surface area contributed by atoms with Gasteiger partial charge < -0.3 is 10.0 Å². The maximum atomic E-state index is 13.2. The molecular weight excluding hydrogens is 413 g/mol. The molecule has 1 unspecified atom stereocenters. The van der Waals surface area contributed by atoms with E-state index >= 15 is 0 Å². The largest absolute Gasteiger partial charge is 0.416 e. The van der Waals surface area contributed by atoms with Gasteiger partial charge in [0.2, 0.25) is 5.95 Å². The zero-order chi connectivity index (χ0) is 21.8. The lowest BCUT2D eigenvalue weighted by atomic mass is 10.1. The Bertz CT molecular complexity index is 1140. The lowest BCUT2D eigenvalue weighted by Crippen LogP contribution is -2.57. The minimum atomic E-state index is -4.48. The quantitative estimate of drug-likeness (QED) is 0.623. The van der Waals surface area contributed by atoms with Gasteiger partial charge >= 0.3 is 6.18 Å². The number of nitrogens with one attached hydrogen (secondary N) is 1. The first-order valence-electron chi connectivity index (χ1n) is 8.92. The molecule has 1 saturated heterocycles. The number of aliphatic hydroxyl groups excluding tert-OH is 1. The number of aliphatic hydroxyl groups is 1. The molecule has 1 aromatic carbocycles. The molecule has 0 amide bonds. The predicted octanol–water partition coefficient (Wildman–Crippen LogP) is 2.70. The second-order valence-corrected chi connectivity index (χ2v) is 7.15. The minimum Gasteiger partial charge on any atom is -0.390 e. The van der Waals surface area contributed by atoms with E-state index in [9.17, 15) is 31.9 Å². The molecule has 2 aromatic heterocycles. The summed E-state index contributed by atoms with van der Waals surface area (Å²) in [6, 6.07) is 3.78. The number of rotatable bonds is 4. The third-order valence-electron chi connectivity index (χ3n) is 5.00. The van der Waals surface area contributed by atoms with Gasteiger partial charge in [-0.1, -0.05) is 12.1 Å². The molecule has 0 saturated carbocycles. The average molecular weight is 429 g/mol. The summed E-state index contributed by atoms with van der Waals surface area (Å²) in [5.41, 5.74) is -0.940. The fourth-order valence-electron chi connectivity index (χ4n) is 3.39. The fraction of sp³-hybridized carbons (Fsp3) is 0.389. The van der Waals surface area contributed by atoms with Crippen molar-refractivity contribution in [2.24, 2.45) is 0 Å². The lowest BCUT2D eigenvalue weighted by molar-refractivity contribution is -0.137. The minimum absolute atomic E-state index is 0.00713. The van der Waals surface area contributed by atoms with Crippen molar-refractivity contribution >= 4 is 17.0 Å². The number of alkyl halides is 5. The highest BCUT2D eigenvalue weighted by atomic mass is 19.4. The van der Waals surface area contributed by atoms with Crippen LogP contribution in [0.4, 0.5) is 27.9 Å². The zero-order valence-corrected chi connectivity index (χ0v) is 15.5. The molecule has 4 rings (SSSR count). The third-order valence-corrected chi connectivity index (χ3v) is 5.00. The Morgan fingerprint density at radius 1 is 1.23 bits per heavy atom. The number of halogens is 5. The summed E-state index contributed by atoms with van der Waals surface area (Å²) in [4.78, 5) is 20.4. The van der Waals surface area contributed by atoms with Crippen molar-refractivity contribution in [2.75, 3.05) is 18.0 Å². The summed E-state index contributed by atoms with van der Waals surface area (Å²) >= 11 is 0. The number of aromatic nitrogens is 4. The number of benzene rings is 1. The lowest BCUT2D eigenvalue weighted by Gasteiger charge is -2.38. The van der Waals surface area contributed by atoms with Crippen LogP contribution in [-0.2, 0) is 12.8 Å². The molecule has 0 bridgehead atoms. The SMILES string of the molecule is CC(c1ccc(C(F)(F)F)cc1)n1nc(CO)c2c(=O)[nH]c(N3CC(F)(F)C3)nc21. The summed E-state index contributed by atoms with van der Waals surface area (Å²) in [7, 11) is 0. The summed E-state index contributed by atoms with van der Waals surface area (Å²) in [6.07, 6.45) is -4.48. The molecule has 2 N–H and O–H groups in total. The van der Waals surface area contributed by atoms with Crippen LogP contribution in [-0.4, -0.2) is 43.9 Å². The Morgan fingerprint density at radius 2 is 1.87 bits per heavy atom. The van der Waals surface area contributed by atoms with E-state index in [1.54, 1.807) is 6.92 Å². The summed E-state index contributed by atoms with van der Waals surface area (Å²) < 4.78 is 66.1. The number of nitrogens with zero attached hydrogens (tertiary/aromatic N) is 4. The van der Waals surface area contributed by atoms with E-state index in [-0.39, 0.29) is 22.7 Å². The van der Waals surface area contributed by atoms with E-state index in [1.165, 1.54) is 21.7 Å². The van der Waals surface area contributed by atoms with Crippen LogP contribution in [0.15, 0.2) is 29.1 Å². The van der Waals surface area contributed by atoms with Gasteiger partial charge in [-0.2, -0.15) is 23.3 Å². The maximum Gasteiger partial charge on any atom is 0.416 e. The van der Waals surface area contributed by atoms with E-state index in [1.807, 2.05) is 0 Å². The number of hydrogen-bond donors (Lipinski definition) is 2. The molecule has 0 radical (unpaired) electrons. The summed E-state index contributed by atoms with van der Waals surface area (Å²) in [5, 5.41) is 13.7. The maximum absolute atomic E-state index is 13.2. The van der Waals surface area contributed by atoms with Gasteiger partial charge in [0.25, 0.3) is 11.5 Å². The first-order valence-corrected chi connectivity index (χ1v) is 8.92. The van der Waals surface area contributed by atoms with E-state index in [0.29, 0.717) is 5.56 Å². The van der Waals surface area contributed by atoms with Crippen molar-refractivity contribution in [3.63, 3.8) is 0 Å². The fourth-order valence-corrected chi connectivity index (χ4v) is 3.39. The van der Waals surface area contributed by atoms with Gasteiger partial charge in [-0.25, -0.2) is 13.5 Å². The van der Waals surface area contributed by atoms with Crippen LogP contribution >= 0.6 is 0 Å². The smallest absolute Gasteiger partial charge is 0.390 e. The molecule has 1 aliphatic rings. The standard InChI is InChI=1S/C18H16F5N5O2/c1-9(10-2-4-11(5-3-10)18(21,22)23)28-14-13(12(6-29)26-28)15(30)25-16(24-14)27-7-17(19,20)8-27/h2-5,9,29H,6-8H2,1H3,(H,24,25,30). The summed E-state index contributed by atoms with van der Waals surface area (Å²) in [5.74, 6) is -2.94. The van der Waals surface area contributed by atoms with E-state index < -0.39 is 49.0 Å². The van der Waals surface area contributed by atoms with Crippen LogP contribution in [0.2, 0.25) is 0 Å². The van der Waals surface area contributed by atoms with Gasteiger partial charge in [-0.3, -0.25) is 9.78 Å². The van der Waals surface area contributed by atoms with E-state index in [4.69, 9.17) is 0 Å². The van der Waals surface area contributed by atoms with Crippen LogP contribution in [0, 0.1) is 0 Å². The number of H-pyrrole nitrogens is 1. The molecule has 3 aromatic rings. The van der Waals surface area contributed by atoms with Gasteiger partial charge in [0, 0.05) is 0 Å². The van der Waals surface area contributed by atoms with Crippen molar-refractivity contribution in [3.8, 4) is 0 Å². The first-order chi connectivity index (χ1) is 14.0. The Hall–Kier alpha value is -3.02. The van der Waals surface area contributed by atoms with Gasteiger partial charge in [0.05, 0.1) is 31.3 Å². The number of fused-ring (bicyclic) bond motifs is 1. The molecule has 160 valence electrons. The second-order valence-electron chi connectivity index (χ2n) is 7.15. The van der Waals surface area contributed by atoms with Gasteiger partial charge in [-0.05, 0) is 24.6 Å². The molecular formula is C18H16F5N5O2. The van der Waals surface area contributed by atoms with Gasteiger partial charge in [0.1, 0.15) is 11.1 Å². The van der Waals surface area contributed by atoms with Gasteiger partial charge in [-0.15, -0.1) is 0 Å². The third kappa shape index (κ3) is 3.40. The van der Waals surface area contributed by atoms with Crippen LogP contribution < -0.4 is 10.5 Å². The number of anilines is 1. The van der Waals surface area contributed by atoms with Crippen molar-refractivity contribution in [1.82, 2.24) is 19.7 Å². The highest BCUT2D eigenvalue weighted by Crippen LogP contribution is 2.32. The molecule has 30 heavy (non-hydrogen) atoms. The highest BCUT2D eigenvalue weighted by molar-refractivity contribution is 5.78. The predicted molar refractivity (Wildman–Crippen MR) is 96.5 cm³/mol. The average Bonchev–Trinajstić information content (AvgIpc) is 3.04. The number of hydrogen-bond acceptors (Lipinski definition) is 5. The molecule has 1 atom stereocenters. The molecule has 1 fully saturated rings. The number of aromatic amines is 1. The first kappa shape index (κ1) is 20.3. The Balaban J connectivity index is 1.78. The van der Waals surface area contributed by atoms with Crippen LogP contribution in [0.1, 0.15) is 29.8 Å². The van der Waals surface area contributed by atoms with Crippen molar-refractivity contribution in [3.05, 3.63) is 51.4 Å². The van der Waals surface area contributed by atoms with Crippen molar-refractivity contribution in [1.29, 1.82) is 0 Å². The molecule has 12 heteroatoms. The topological polar surface area (TPSA) is 87.0 Å². The monoisotopic (exact) mass is 429 g/mol.